The van der Waals surface area contributed by atoms with Gasteiger partial charge in [0, 0.05) is 18.0 Å². The Labute approximate surface area is 207 Å². The van der Waals surface area contributed by atoms with E-state index >= 15 is 0 Å². The summed E-state index contributed by atoms with van der Waals surface area (Å²) in [6, 6.07) is 4.55. The van der Waals surface area contributed by atoms with Crippen LogP contribution in [0.2, 0.25) is 0 Å². The van der Waals surface area contributed by atoms with Crippen LogP contribution in [-0.4, -0.2) is 71.7 Å². The molecule has 0 heterocycles. The topological polar surface area (TPSA) is 110 Å². The first-order chi connectivity index (χ1) is 16.9. The second kappa shape index (κ2) is 12.3. The van der Waals surface area contributed by atoms with Crippen LogP contribution in [0.25, 0.3) is 0 Å². The van der Waals surface area contributed by atoms with Crippen molar-refractivity contribution >= 4 is 23.6 Å². The highest BCUT2D eigenvalue weighted by atomic mass is 19.4. The van der Waals surface area contributed by atoms with Gasteiger partial charge in [-0.2, -0.15) is 13.2 Å². The number of alkyl halides is 3. The second-order valence-electron chi connectivity index (χ2n) is 9.08. The van der Waals surface area contributed by atoms with E-state index in [2.05, 4.69) is 4.74 Å². The summed E-state index contributed by atoms with van der Waals surface area (Å²) in [6.45, 7) is 1.40. The molecule has 1 aromatic rings. The van der Waals surface area contributed by atoms with Gasteiger partial charge in [-0.3, -0.25) is 9.59 Å². The third kappa shape index (κ3) is 7.05. The SMILES string of the molecule is COC(=O)[C@H](C[C@@](O)(CC(=O)c1ccccc1)C(=O)OC)N(C(=O)C(F)(F)F)[C@H](C)C1CCCCC1. The molecular weight excluding hydrogens is 483 g/mol. The minimum Gasteiger partial charge on any atom is -0.467 e. The maximum Gasteiger partial charge on any atom is 0.471 e. The molecule has 1 aromatic carbocycles. The molecule has 1 aliphatic rings. The van der Waals surface area contributed by atoms with Crippen molar-refractivity contribution in [3.63, 3.8) is 0 Å². The van der Waals surface area contributed by atoms with Crippen LogP contribution >= 0.6 is 0 Å². The number of ether oxygens (including phenoxy) is 2. The van der Waals surface area contributed by atoms with E-state index in [0.29, 0.717) is 17.7 Å². The van der Waals surface area contributed by atoms with E-state index in [4.69, 9.17) is 4.74 Å². The lowest BCUT2D eigenvalue weighted by Gasteiger charge is -2.42. The van der Waals surface area contributed by atoms with Gasteiger partial charge in [-0.05, 0) is 25.7 Å². The standard InChI is InChI=1S/C25H32F3NO7/c1-16(17-10-6-4-7-11-17)29(22(32)25(26,27)28)19(21(31)35-2)14-24(34,23(33)36-3)15-20(30)18-12-8-5-9-13-18/h5,8-9,12-13,16-17,19,34H,4,6-7,10-11,14-15H2,1-3H3/t16-,19+,24-/m1/s1. The number of hydrogen-bond donors (Lipinski definition) is 1. The molecule has 0 radical (unpaired) electrons. The third-order valence-corrected chi connectivity index (χ3v) is 6.70. The molecule has 0 aromatic heterocycles. The minimum absolute atomic E-state index is 0.133. The fourth-order valence-electron chi connectivity index (χ4n) is 4.76. The van der Waals surface area contributed by atoms with Gasteiger partial charge < -0.3 is 19.5 Å². The van der Waals surface area contributed by atoms with Crippen molar-refractivity contribution in [3.05, 3.63) is 35.9 Å². The summed E-state index contributed by atoms with van der Waals surface area (Å²) in [4.78, 5) is 51.1. The first-order valence-corrected chi connectivity index (χ1v) is 11.7. The predicted octanol–water partition coefficient (Wildman–Crippen LogP) is 3.45. The summed E-state index contributed by atoms with van der Waals surface area (Å²) in [5.74, 6) is -5.93. The van der Waals surface area contributed by atoms with Gasteiger partial charge in [-0.15, -0.1) is 0 Å². The van der Waals surface area contributed by atoms with Crippen LogP contribution in [0, 0.1) is 5.92 Å². The number of rotatable bonds is 10. The summed E-state index contributed by atoms with van der Waals surface area (Å²) in [5.41, 5.74) is -2.58. The summed E-state index contributed by atoms with van der Waals surface area (Å²) >= 11 is 0. The number of amides is 1. The Morgan fingerprint density at radius 2 is 1.61 bits per heavy atom. The number of methoxy groups -OCH3 is 2. The van der Waals surface area contributed by atoms with Crippen molar-refractivity contribution < 1.29 is 46.9 Å². The van der Waals surface area contributed by atoms with Crippen LogP contribution in [0.3, 0.4) is 0 Å². The average Bonchev–Trinajstić information content (AvgIpc) is 2.87. The Kier molecular flexibility index (Phi) is 10.0. The fraction of sp³-hybridized carbons (Fsp3) is 0.600. The molecule has 0 bridgehead atoms. The minimum atomic E-state index is -5.33. The zero-order valence-corrected chi connectivity index (χ0v) is 20.5. The van der Waals surface area contributed by atoms with E-state index in [1.54, 1.807) is 18.2 Å². The molecule has 1 saturated carbocycles. The Balaban J connectivity index is 2.52. The number of esters is 2. The van der Waals surface area contributed by atoms with E-state index in [0.717, 1.165) is 33.5 Å². The zero-order chi connectivity index (χ0) is 27.1. The molecule has 8 nitrogen and oxygen atoms in total. The quantitative estimate of drug-likeness (QED) is 0.375. The molecule has 1 fully saturated rings. The fourth-order valence-corrected chi connectivity index (χ4v) is 4.76. The second-order valence-corrected chi connectivity index (χ2v) is 9.08. The summed E-state index contributed by atoms with van der Waals surface area (Å²) in [5, 5.41) is 11.2. The van der Waals surface area contributed by atoms with Gasteiger partial charge in [0.25, 0.3) is 0 Å². The van der Waals surface area contributed by atoms with Crippen molar-refractivity contribution in [2.24, 2.45) is 5.92 Å². The van der Waals surface area contributed by atoms with Crippen LogP contribution in [0.1, 0.15) is 62.2 Å². The summed E-state index contributed by atoms with van der Waals surface area (Å²) < 4.78 is 50.4. The predicted molar refractivity (Wildman–Crippen MR) is 122 cm³/mol. The maximum absolute atomic E-state index is 13.7. The molecule has 1 N–H and O–H groups in total. The highest BCUT2D eigenvalue weighted by molar-refractivity contribution is 6.00. The average molecular weight is 516 g/mol. The van der Waals surface area contributed by atoms with E-state index in [9.17, 15) is 37.5 Å². The van der Waals surface area contributed by atoms with Crippen molar-refractivity contribution in [3.8, 4) is 0 Å². The van der Waals surface area contributed by atoms with Gasteiger partial charge in [0.05, 0.1) is 20.6 Å². The lowest BCUT2D eigenvalue weighted by molar-refractivity contribution is -0.197. The lowest BCUT2D eigenvalue weighted by Crippen LogP contribution is -2.59. The third-order valence-electron chi connectivity index (χ3n) is 6.70. The number of nitrogens with zero attached hydrogens (tertiary/aromatic N) is 1. The lowest BCUT2D eigenvalue weighted by atomic mass is 9.82. The first-order valence-electron chi connectivity index (χ1n) is 11.7. The molecule has 1 amide bonds. The van der Waals surface area contributed by atoms with Gasteiger partial charge in [0.1, 0.15) is 6.04 Å². The number of benzene rings is 1. The molecule has 36 heavy (non-hydrogen) atoms. The molecule has 200 valence electrons. The molecule has 0 unspecified atom stereocenters. The van der Waals surface area contributed by atoms with Crippen LogP contribution in [0.15, 0.2) is 30.3 Å². The summed E-state index contributed by atoms with van der Waals surface area (Å²) in [6.07, 6.45) is -3.74. The van der Waals surface area contributed by atoms with E-state index < -0.39 is 60.3 Å². The highest BCUT2D eigenvalue weighted by Gasteiger charge is 2.53. The van der Waals surface area contributed by atoms with Crippen molar-refractivity contribution in [1.82, 2.24) is 4.90 Å². The van der Waals surface area contributed by atoms with Crippen LogP contribution in [0.5, 0.6) is 0 Å². The van der Waals surface area contributed by atoms with E-state index in [1.165, 1.54) is 19.1 Å². The number of halogens is 3. The molecule has 0 saturated heterocycles. The molecule has 1 aliphatic carbocycles. The zero-order valence-electron chi connectivity index (χ0n) is 20.5. The normalized spacial score (nSPS) is 17.9. The van der Waals surface area contributed by atoms with Gasteiger partial charge in [-0.25, -0.2) is 9.59 Å². The van der Waals surface area contributed by atoms with Crippen molar-refractivity contribution in [2.45, 2.75) is 75.7 Å². The number of aliphatic hydroxyl groups is 1. The Bertz CT molecular complexity index is 931. The number of ketones is 1. The number of carbonyl (C=O) groups excluding carboxylic acids is 4. The Morgan fingerprint density at radius 1 is 1.03 bits per heavy atom. The monoisotopic (exact) mass is 515 g/mol. The van der Waals surface area contributed by atoms with Gasteiger partial charge >= 0.3 is 24.0 Å². The Hall–Kier alpha value is -2.95. The number of hydrogen-bond acceptors (Lipinski definition) is 7. The molecule has 2 rings (SSSR count). The van der Waals surface area contributed by atoms with E-state index in [1.807, 2.05) is 0 Å². The van der Waals surface area contributed by atoms with E-state index in [-0.39, 0.29) is 11.5 Å². The van der Waals surface area contributed by atoms with Gasteiger partial charge in [0.15, 0.2) is 11.4 Å². The smallest absolute Gasteiger partial charge is 0.467 e. The molecule has 0 spiro atoms. The molecular formula is C25H32F3NO7. The molecule has 11 heteroatoms. The summed E-state index contributed by atoms with van der Waals surface area (Å²) in [7, 11) is 1.85. The maximum atomic E-state index is 13.7. The van der Waals surface area contributed by atoms with Crippen molar-refractivity contribution in [2.75, 3.05) is 14.2 Å². The Morgan fingerprint density at radius 3 is 2.11 bits per heavy atom. The van der Waals surface area contributed by atoms with Gasteiger partial charge in [0.2, 0.25) is 0 Å². The van der Waals surface area contributed by atoms with Crippen molar-refractivity contribution in [1.29, 1.82) is 0 Å². The number of carbonyl (C=O) groups is 4. The molecule has 3 atom stereocenters. The van der Waals surface area contributed by atoms with Crippen LogP contribution in [-0.2, 0) is 23.9 Å². The van der Waals surface area contributed by atoms with Crippen LogP contribution < -0.4 is 0 Å². The first kappa shape index (κ1) is 29.3. The number of Topliss-reactive ketones (excluding diaryl/α,β-unsaturated/α-hetero) is 1. The van der Waals surface area contributed by atoms with Gasteiger partial charge in [-0.1, -0.05) is 49.6 Å². The molecule has 0 aliphatic heterocycles. The largest absolute Gasteiger partial charge is 0.471 e. The highest BCUT2D eigenvalue weighted by Crippen LogP contribution is 2.35. The van der Waals surface area contributed by atoms with Crippen LogP contribution in [0.4, 0.5) is 13.2 Å².